The Morgan fingerprint density at radius 1 is 1.16 bits per heavy atom. The van der Waals surface area contributed by atoms with E-state index in [2.05, 4.69) is 0 Å². The van der Waals surface area contributed by atoms with E-state index in [1.165, 1.54) is 7.05 Å². The molecule has 0 spiro atoms. The van der Waals surface area contributed by atoms with Gasteiger partial charge < -0.3 is 10.6 Å². The third-order valence-electron chi connectivity index (χ3n) is 3.14. The molecule has 6 heteroatoms. The van der Waals surface area contributed by atoms with Gasteiger partial charge >= 0.3 is 0 Å². The van der Waals surface area contributed by atoms with Crippen molar-refractivity contribution in [2.45, 2.75) is 0 Å². The molecule has 1 fully saturated rings. The standard InChI is InChI=1S/C13H15N3O3/c1-15-12(18)7-16(8-13(15)19)10-4-2-9(3-5-10)11(17)6-14/h2-5H,6-8,14H2,1H3. The Labute approximate surface area is 110 Å². The van der Waals surface area contributed by atoms with Crippen molar-refractivity contribution in [1.82, 2.24) is 4.90 Å². The SMILES string of the molecule is CN1C(=O)CN(c2ccc(C(=O)CN)cc2)CC1=O. The van der Waals surface area contributed by atoms with Gasteiger partial charge in [0.05, 0.1) is 19.6 Å². The highest BCUT2D eigenvalue weighted by Gasteiger charge is 2.28. The molecule has 100 valence electrons. The molecule has 1 aromatic carbocycles. The average molecular weight is 261 g/mol. The Kier molecular flexibility index (Phi) is 3.62. The lowest BCUT2D eigenvalue weighted by molar-refractivity contribution is -0.143. The van der Waals surface area contributed by atoms with Crippen LogP contribution in [0.2, 0.25) is 0 Å². The number of rotatable bonds is 3. The number of piperazine rings is 1. The number of carbonyl (C=O) groups excluding carboxylic acids is 3. The Hall–Kier alpha value is -2.21. The summed E-state index contributed by atoms with van der Waals surface area (Å²) in [4.78, 5) is 37.4. The van der Waals surface area contributed by atoms with Crippen LogP contribution in [0, 0.1) is 0 Å². The smallest absolute Gasteiger partial charge is 0.248 e. The van der Waals surface area contributed by atoms with Gasteiger partial charge in [-0.1, -0.05) is 0 Å². The summed E-state index contributed by atoms with van der Waals surface area (Å²) >= 11 is 0. The van der Waals surface area contributed by atoms with Gasteiger partial charge in [0, 0.05) is 18.3 Å². The summed E-state index contributed by atoms with van der Waals surface area (Å²) in [7, 11) is 1.48. The summed E-state index contributed by atoms with van der Waals surface area (Å²) in [6.07, 6.45) is 0. The third-order valence-corrected chi connectivity index (χ3v) is 3.14. The molecule has 0 bridgehead atoms. The maximum atomic E-state index is 11.6. The third kappa shape index (κ3) is 2.63. The molecule has 1 aliphatic rings. The zero-order valence-electron chi connectivity index (χ0n) is 10.6. The van der Waals surface area contributed by atoms with Gasteiger partial charge in [-0.05, 0) is 24.3 Å². The van der Waals surface area contributed by atoms with Crippen LogP contribution >= 0.6 is 0 Å². The fourth-order valence-electron chi connectivity index (χ4n) is 1.89. The van der Waals surface area contributed by atoms with Gasteiger partial charge in [-0.15, -0.1) is 0 Å². The number of likely N-dealkylation sites (N-methyl/N-ethyl adjacent to an activating group) is 1. The topological polar surface area (TPSA) is 83.7 Å². The summed E-state index contributed by atoms with van der Waals surface area (Å²) in [6.45, 7) is 0.281. The second-order valence-electron chi connectivity index (χ2n) is 4.38. The minimum atomic E-state index is -0.238. The molecule has 0 aromatic heterocycles. The Morgan fingerprint density at radius 3 is 2.16 bits per heavy atom. The normalized spacial score (nSPS) is 15.9. The molecule has 0 atom stereocenters. The summed E-state index contributed by atoms with van der Waals surface area (Å²) in [5.74, 6) is -0.617. The van der Waals surface area contributed by atoms with Crippen molar-refractivity contribution in [3.8, 4) is 0 Å². The molecule has 0 saturated carbocycles. The predicted octanol–water partition coefficient (Wildman–Crippen LogP) is -0.367. The Balaban J connectivity index is 2.17. The first kappa shape index (κ1) is 13.2. The number of benzene rings is 1. The number of imide groups is 1. The van der Waals surface area contributed by atoms with E-state index in [1.54, 1.807) is 29.2 Å². The highest BCUT2D eigenvalue weighted by atomic mass is 16.2. The molecule has 2 rings (SSSR count). The molecule has 1 aliphatic heterocycles. The first-order valence-electron chi connectivity index (χ1n) is 5.90. The number of nitrogens with zero attached hydrogens (tertiary/aromatic N) is 2. The molecule has 0 radical (unpaired) electrons. The lowest BCUT2D eigenvalue weighted by atomic mass is 10.1. The number of amides is 2. The number of carbonyl (C=O) groups is 3. The molecular formula is C13H15N3O3. The minimum absolute atomic E-state index is 0.0369. The van der Waals surface area contributed by atoms with Gasteiger partial charge in [-0.25, -0.2) is 0 Å². The number of anilines is 1. The van der Waals surface area contributed by atoms with Crippen LogP contribution in [0.5, 0.6) is 0 Å². The molecule has 0 unspecified atom stereocenters. The zero-order valence-corrected chi connectivity index (χ0v) is 10.6. The van der Waals surface area contributed by atoms with Gasteiger partial charge in [-0.3, -0.25) is 19.3 Å². The van der Waals surface area contributed by atoms with Crippen LogP contribution in [0.15, 0.2) is 24.3 Å². The van der Waals surface area contributed by atoms with Crippen molar-refractivity contribution in [2.75, 3.05) is 31.6 Å². The molecule has 1 aromatic rings. The molecule has 6 nitrogen and oxygen atoms in total. The van der Waals surface area contributed by atoms with E-state index in [0.717, 1.165) is 10.6 Å². The second-order valence-corrected chi connectivity index (χ2v) is 4.38. The van der Waals surface area contributed by atoms with Crippen molar-refractivity contribution in [2.24, 2.45) is 5.73 Å². The molecule has 2 N–H and O–H groups in total. The van der Waals surface area contributed by atoms with Crippen LogP contribution in [-0.4, -0.2) is 49.2 Å². The maximum Gasteiger partial charge on any atom is 0.248 e. The van der Waals surface area contributed by atoms with Gasteiger partial charge in [0.1, 0.15) is 0 Å². The first-order valence-corrected chi connectivity index (χ1v) is 5.90. The molecule has 2 amide bonds. The lowest BCUT2D eigenvalue weighted by Gasteiger charge is -2.31. The van der Waals surface area contributed by atoms with Crippen LogP contribution in [-0.2, 0) is 9.59 Å². The van der Waals surface area contributed by atoms with E-state index in [1.807, 2.05) is 0 Å². The fourth-order valence-corrected chi connectivity index (χ4v) is 1.89. The van der Waals surface area contributed by atoms with Crippen molar-refractivity contribution >= 4 is 23.3 Å². The van der Waals surface area contributed by atoms with E-state index in [-0.39, 0.29) is 37.2 Å². The van der Waals surface area contributed by atoms with Crippen LogP contribution in [0.1, 0.15) is 10.4 Å². The number of ketones is 1. The second kappa shape index (κ2) is 5.19. The van der Waals surface area contributed by atoms with Crippen LogP contribution in [0.25, 0.3) is 0 Å². The van der Waals surface area contributed by atoms with Crippen molar-refractivity contribution in [1.29, 1.82) is 0 Å². The van der Waals surface area contributed by atoms with Gasteiger partial charge in [-0.2, -0.15) is 0 Å². The van der Waals surface area contributed by atoms with Crippen molar-refractivity contribution in [3.05, 3.63) is 29.8 Å². The lowest BCUT2D eigenvalue weighted by Crippen LogP contribution is -2.52. The first-order chi connectivity index (χ1) is 9.02. The summed E-state index contributed by atoms with van der Waals surface area (Å²) < 4.78 is 0. The van der Waals surface area contributed by atoms with Crippen LogP contribution in [0.3, 0.4) is 0 Å². The molecule has 1 saturated heterocycles. The average Bonchev–Trinajstić information content (AvgIpc) is 2.43. The predicted molar refractivity (Wildman–Crippen MR) is 69.8 cm³/mol. The molecular weight excluding hydrogens is 246 g/mol. The van der Waals surface area contributed by atoms with Gasteiger partial charge in [0.15, 0.2) is 5.78 Å². The highest BCUT2D eigenvalue weighted by Crippen LogP contribution is 2.18. The maximum absolute atomic E-state index is 11.6. The Bertz CT molecular complexity index is 506. The quantitative estimate of drug-likeness (QED) is 0.593. The summed E-state index contributed by atoms with van der Waals surface area (Å²) in [5.41, 5.74) is 6.55. The molecule has 0 aliphatic carbocycles. The van der Waals surface area contributed by atoms with Crippen molar-refractivity contribution < 1.29 is 14.4 Å². The number of hydrogen-bond donors (Lipinski definition) is 1. The van der Waals surface area contributed by atoms with E-state index in [4.69, 9.17) is 5.73 Å². The number of nitrogens with two attached hydrogens (primary N) is 1. The minimum Gasteiger partial charge on any atom is -0.353 e. The van der Waals surface area contributed by atoms with E-state index < -0.39 is 0 Å². The summed E-state index contributed by atoms with van der Waals surface area (Å²) in [5, 5.41) is 0. The van der Waals surface area contributed by atoms with E-state index in [0.29, 0.717) is 5.56 Å². The monoisotopic (exact) mass is 261 g/mol. The fraction of sp³-hybridized carbons (Fsp3) is 0.308. The number of hydrogen-bond acceptors (Lipinski definition) is 5. The summed E-state index contributed by atoms with van der Waals surface area (Å²) in [6, 6.07) is 6.74. The van der Waals surface area contributed by atoms with E-state index in [9.17, 15) is 14.4 Å². The van der Waals surface area contributed by atoms with Gasteiger partial charge in [0.2, 0.25) is 11.8 Å². The zero-order chi connectivity index (χ0) is 14.0. The molecule has 19 heavy (non-hydrogen) atoms. The van der Waals surface area contributed by atoms with Gasteiger partial charge in [0.25, 0.3) is 0 Å². The van der Waals surface area contributed by atoms with Crippen LogP contribution in [0.4, 0.5) is 5.69 Å². The van der Waals surface area contributed by atoms with Crippen molar-refractivity contribution in [3.63, 3.8) is 0 Å². The Morgan fingerprint density at radius 2 is 1.68 bits per heavy atom. The molecule has 1 heterocycles. The van der Waals surface area contributed by atoms with Crippen LogP contribution < -0.4 is 10.6 Å². The number of Topliss-reactive ketones (excluding diaryl/α,β-unsaturated/α-hetero) is 1. The van der Waals surface area contributed by atoms with E-state index >= 15 is 0 Å². The highest BCUT2D eigenvalue weighted by molar-refractivity contribution is 6.02. The largest absolute Gasteiger partial charge is 0.353 e.